The number of allylic oxidation sites excluding steroid dienone is 6. The summed E-state index contributed by atoms with van der Waals surface area (Å²) in [6.45, 7) is 17.7. The van der Waals surface area contributed by atoms with Crippen LogP contribution in [-0.2, 0) is 12.8 Å². The number of anilines is 1. The van der Waals surface area contributed by atoms with Crippen molar-refractivity contribution in [2.45, 2.75) is 126 Å². The van der Waals surface area contributed by atoms with Gasteiger partial charge in [0, 0.05) is 11.6 Å². The van der Waals surface area contributed by atoms with E-state index in [0.717, 1.165) is 50.1 Å². The smallest absolute Gasteiger partial charge is 0.0894 e. The lowest BCUT2D eigenvalue weighted by Gasteiger charge is -2.25. The molecule has 4 rings (SSSR count). The first-order chi connectivity index (χ1) is 20.2. The molecule has 2 atom stereocenters. The maximum atomic E-state index is 11.0. The van der Waals surface area contributed by atoms with Crippen LogP contribution >= 0.6 is 0 Å². The van der Waals surface area contributed by atoms with Crippen LogP contribution in [-0.4, -0.2) is 6.67 Å². The summed E-state index contributed by atoms with van der Waals surface area (Å²) < 4.78 is 11.0. The molecule has 232 valence electrons. The molecular weight excluding hydrogens is 513 g/mol. The fourth-order valence-electron chi connectivity index (χ4n) is 6.05. The number of alkyl halides is 1. The third kappa shape index (κ3) is 10.6. The Bertz CT molecular complexity index is 1200. The van der Waals surface area contributed by atoms with Crippen molar-refractivity contribution in [2.75, 3.05) is 12.4 Å². The molecule has 2 aromatic carbocycles. The zero-order valence-corrected chi connectivity index (χ0v) is 28.2. The molecule has 1 nitrogen and oxygen atoms in total. The van der Waals surface area contributed by atoms with E-state index in [1.807, 2.05) is 6.92 Å². The zero-order valence-electron chi connectivity index (χ0n) is 28.2. The third-order valence-corrected chi connectivity index (χ3v) is 8.77. The summed E-state index contributed by atoms with van der Waals surface area (Å²) in [5.41, 5.74) is 20.1. The summed E-state index contributed by atoms with van der Waals surface area (Å²) in [6.07, 6.45) is 19.7. The fraction of sp³-hybridized carbons (Fsp3) is 0.550. The monoisotopic (exact) mass is 573 g/mol. The maximum Gasteiger partial charge on any atom is 0.0894 e. The van der Waals surface area contributed by atoms with Crippen LogP contribution in [0.1, 0.15) is 133 Å². The van der Waals surface area contributed by atoms with E-state index in [2.05, 4.69) is 97.0 Å². The fourth-order valence-corrected chi connectivity index (χ4v) is 6.05. The normalized spacial score (nSPS) is 16.8. The van der Waals surface area contributed by atoms with Crippen LogP contribution in [0.2, 0.25) is 0 Å². The van der Waals surface area contributed by atoms with Crippen LogP contribution in [0, 0.1) is 25.7 Å². The first-order valence-corrected chi connectivity index (χ1v) is 16.8. The van der Waals surface area contributed by atoms with Gasteiger partial charge in [-0.1, -0.05) is 109 Å². The zero-order chi connectivity index (χ0) is 31.1. The molecule has 0 bridgehead atoms. The molecule has 0 radical (unpaired) electrons. The van der Waals surface area contributed by atoms with Gasteiger partial charge in [0.15, 0.2) is 0 Å². The van der Waals surface area contributed by atoms with Gasteiger partial charge in [0.25, 0.3) is 0 Å². The van der Waals surface area contributed by atoms with Crippen LogP contribution in [0.25, 0.3) is 11.1 Å². The highest BCUT2D eigenvalue weighted by Crippen LogP contribution is 2.44. The van der Waals surface area contributed by atoms with Crippen molar-refractivity contribution in [3.8, 4) is 0 Å². The number of nitrogen functional groups attached to an aromatic ring is 1. The number of unbranched alkanes of at least 4 members (excludes halogenated alkanes) is 1. The number of benzene rings is 2. The molecule has 0 spiro atoms. The van der Waals surface area contributed by atoms with Gasteiger partial charge in [0.05, 0.1) is 6.67 Å². The Morgan fingerprint density at radius 2 is 1.67 bits per heavy atom. The highest BCUT2D eigenvalue weighted by Gasteiger charge is 2.25. The molecule has 2 N–H and O–H groups in total. The molecule has 0 aromatic heterocycles. The minimum Gasteiger partial charge on any atom is -0.399 e. The van der Waals surface area contributed by atoms with Gasteiger partial charge in [-0.3, -0.25) is 4.39 Å². The first kappa shape index (κ1) is 35.6. The Kier molecular flexibility index (Phi) is 16.0. The number of halogens is 1. The van der Waals surface area contributed by atoms with Crippen molar-refractivity contribution in [3.63, 3.8) is 0 Å². The summed E-state index contributed by atoms with van der Waals surface area (Å²) in [5.74, 6) is 1.38. The number of aryl methyl sites for hydroxylation is 4. The number of hydrogen-bond donors (Lipinski definition) is 1. The Balaban J connectivity index is 0.000000434. The third-order valence-electron chi connectivity index (χ3n) is 8.77. The highest BCUT2D eigenvalue weighted by atomic mass is 19.1. The second-order valence-electron chi connectivity index (χ2n) is 12.5. The quantitative estimate of drug-likeness (QED) is 0.297. The van der Waals surface area contributed by atoms with Gasteiger partial charge in [0.2, 0.25) is 0 Å². The van der Waals surface area contributed by atoms with Crippen molar-refractivity contribution in [2.24, 2.45) is 11.8 Å². The average molecular weight is 574 g/mol. The van der Waals surface area contributed by atoms with E-state index < -0.39 is 0 Å². The Hall–Kier alpha value is -2.61. The maximum absolute atomic E-state index is 11.0. The van der Waals surface area contributed by atoms with E-state index >= 15 is 0 Å². The lowest BCUT2D eigenvalue weighted by Crippen LogP contribution is -2.08. The Morgan fingerprint density at radius 1 is 0.905 bits per heavy atom. The molecule has 2 heteroatoms. The first-order valence-electron chi connectivity index (χ1n) is 16.8. The predicted molar refractivity (Wildman–Crippen MR) is 187 cm³/mol. The van der Waals surface area contributed by atoms with Gasteiger partial charge in [-0.25, -0.2) is 0 Å². The molecule has 0 fully saturated rings. The Morgan fingerprint density at radius 3 is 2.21 bits per heavy atom. The van der Waals surface area contributed by atoms with Gasteiger partial charge >= 0.3 is 0 Å². The van der Waals surface area contributed by atoms with Crippen LogP contribution in [0.5, 0.6) is 0 Å². The van der Waals surface area contributed by atoms with Gasteiger partial charge in [0.1, 0.15) is 0 Å². The molecule has 2 aliphatic rings. The summed E-state index contributed by atoms with van der Waals surface area (Å²) in [7, 11) is 0. The van der Waals surface area contributed by atoms with Crippen molar-refractivity contribution in [1.82, 2.24) is 0 Å². The number of nitrogens with two attached hydrogens (primary N) is 1. The topological polar surface area (TPSA) is 26.0 Å². The van der Waals surface area contributed by atoms with Crippen molar-refractivity contribution >= 4 is 16.8 Å². The summed E-state index contributed by atoms with van der Waals surface area (Å²) in [4.78, 5) is 0. The second-order valence-corrected chi connectivity index (χ2v) is 12.5. The van der Waals surface area contributed by atoms with Gasteiger partial charge in [-0.2, -0.15) is 0 Å². The Labute approximate surface area is 258 Å². The number of hydrogen-bond acceptors (Lipinski definition) is 1. The summed E-state index contributed by atoms with van der Waals surface area (Å²) >= 11 is 0. The van der Waals surface area contributed by atoms with Crippen LogP contribution in [0.3, 0.4) is 0 Å². The molecule has 0 saturated carbocycles. The summed E-state index contributed by atoms with van der Waals surface area (Å²) in [5, 5.41) is 0. The number of fused-ring (bicyclic) bond motifs is 1. The van der Waals surface area contributed by atoms with E-state index in [-0.39, 0.29) is 6.67 Å². The average Bonchev–Trinajstić information content (AvgIpc) is 3.15. The molecule has 0 amide bonds. The van der Waals surface area contributed by atoms with E-state index in [1.165, 1.54) is 76.6 Å². The standard InChI is InChI=1S/C29H35N.C7H16.C4H9F/c1-5-7-23-16-21(4)28(17-20(23)3)27-9-6-8-24-18-25(30)14-15-26(24)29(27)22-12-10-19(2)11-13-22;1-4-6-7(3)5-2;1-2-3-4-5/h10-12,14-18,22H,5-9,13,30H2,1-4H3;7H,4-6H2,1-3H3;2-4H2,1H3. The molecule has 42 heavy (non-hydrogen) atoms. The molecule has 0 aliphatic heterocycles. The summed E-state index contributed by atoms with van der Waals surface area (Å²) in [6, 6.07) is 11.5. The van der Waals surface area contributed by atoms with Crippen molar-refractivity contribution in [3.05, 3.63) is 87.5 Å². The lowest BCUT2D eigenvalue weighted by atomic mass is 9.79. The van der Waals surface area contributed by atoms with Gasteiger partial charge < -0.3 is 5.73 Å². The molecule has 2 aliphatic carbocycles. The molecule has 2 aromatic rings. The van der Waals surface area contributed by atoms with Crippen LogP contribution in [0.4, 0.5) is 10.1 Å². The minimum absolute atomic E-state index is 0.156. The van der Waals surface area contributed by atoms with Crippen LogP contribution in [0.15, 0.2) is 54.1 Å². The molecule has 0 heterocycles. The second kappa shape index (κ2) is 18.8. The largest absolute Gasteiger partial charge is 0.399 e. The highest BCUT2D eigenvalue weighted by molar-refractivity contribution is 5.95. The molecule has 2 unspecified atom stereocenters. The number of rotatable bonds is 9. The SMILES string of the molecule is CCCC(C)CC.CCCCF.CCCc1cc(C)c(C2=C(C3C=CC(C)=CC3)c3ccc(N)cc3CCC2)cc1C. The predicted octanol–water partition coefficient (Wildman–Crippen LogP) is 12.2. The molecule has 0 saturated heterocycles. The van der Waals surface area contributed by atoms with E-state index in [0.29, 0.717) is 5.92 Å². The lowest BCUT2D eigenvalue weighted by molar-refractivity contribution is 0.469. The van der Waals surface area contributed by atoms with Gasteiger partial charge in [-0.05, 0) is 122 Å². The van der Waals surface area contributed by atoms with Crippen molar-refractivity contribution in [1.29, 1.82) is 0 Å². The van der Waals surface area contributed by atoms with Gasteiger partial charge in [-0.15, -0.1) is 0 Å². The van der Waals surface area contributed by atoms with E-state index in [9.17, 15) is 4.39 Å². The van der Waals surface area contributed by atoms with E-state index in [1.54, 1.807) is 5.57 Å². The van der Waals surface area contributed by atoms with Crippen molar-refractivity contribution < 1.29 is 4.39 Å². The molecular formula is C40H60FN. The van der Waals surface area contributed by atoms with E-state index in [4.69, 9.17) is 5.73 Å². The minimum atomic E-state index is -0.156. The van der Waals surface area contributed by atoms with Crippen LogP contribution < -0.4 is 5.73 Å².